The normalized spacial score (nSPS) is 10.3. The summed E-state index contributed by atoms with van der Waals surface area (Å²) in [6.45, 7) is 4.06. The average molecular weight is 214 g/mol. The highest BCUT2D eigenvalue weighted by molar-refractivity contribution is 6.29. The van der Waals surface area contributed by atoms with E-state index in [-0.39, 0.29) is 11.8 Å². The van der Waals surface area contributed by atoms with E-state index in [2.05, 4.69) is 15.3 Å². The summed E-state index contributed by atoms with van der Waals surface area (Å²) in [7, 11) is 0. The first-order valence-corrected chi connectivity index (χ1v) is 4.71. The molecule has 0 unspecified atom stereocenters. The lowest BCUT2D eigenvalue weighted by atomic mass is 10.2. The van der Waals surface area contributed by atoms with Gasteiger partial charge in [0.1, 0.15) is 5.15 Å². The van der Waals surface area contributed by atoms with E-state index in [1.807, 2.05) is 13.8 Å². The molecule has 1 aromatic rings. The van der Waals surface area contributed by atoms with Crippen LogP contribution in [-0.2, 0) is 11.3 Å². The Balaban J connectivity index is 2.46. The molecule has 1 rings (SSSR count). The van der Waals surface area contributed by atoms with Crippen molar-refractivity contribution >= 4 is 17.5 Å². The minimum atomic E-state index is -0.0183. The number of rotatable bonds is 3. The van der Waals surface area contributed by atoms with E-state index in [1.54, 1.807) is 6.20 Å². The van der Waals surface area contributed by atoms with E-state index in [1.165, 1.54) is 6.20 Å². The molecule has 0 saturated heterocycles. The van der Waals surface area contributed by atoms with Crippen molar-refractivity contribution in [2.75, 3.05) is 0 Å². The van der Waals surface area contributed by atoms with Gasteiger partial charge < -0.3 is 5.32 Å². The smallest absolute Gasteiger partial charge is 0.222 e. The number of hydrogen-bond donors (Lipinski definition) is 1. The van der Waals surface area contributed by atoms with Crippen LogP contribution in [0.15, 0.2) is 12.4 Å². The fourth-order valence-electron chi connectivity index (χ4n) is 0.812. The van der Waals surface area contributed by atoms with Crippen molar-refractivity contribution in [3.63, 3.8) is 0 Å². The Kier molecular flexibility index (Phi) is 3.83. The first-order valence-electron chi connectivity index (χ1n) is 4.33. The zero-order valence-electron chi connectivity index (χ0n) is 8.12. The van der Waals surface area contributed by atoms with Gasteiger partial charge in [-0.05, 0) is 0 Å². The molecule has 1 heterocycles. The van der Waals surface area contributed by atoms with Crippen LogP contribution in [0.4, 0.5) is 0 Å². The van der Waals surface area contributed by atoms with Crippen LogP contribution in [0, 0.1) is 5.92 Å². The summed E-state index contributed by atoms with van der Waals surface area (Å²) < 4.78 is 0. The van der Waals surface area contributed by atoms with Crippen LogP contribution in [0.2, 0.25) is 5.15 Å². The summed E-state index contributed by atoms with van der Waals surface area (Å²) in [4.78, 5) is 19.1. The molecule has 0 aliphatic heterocycles. The zero-order valence-corrected chi connectivity index (χ0v) is 8.88. The van der Waals surface area contributed by atoms with Gasteiger partial charge in [0.05, 0.1) is 24.6 Å². The third kappa shape index (κ3) is 3.30. The maximum Gasteiger partial charge on any atom is 0.222 e. The molecule has 0 saturated carbocycles. The number of amides is 1. The minimum Gasteiger partial charge on any atom is -0.350 e. The van der Waals surface area contributed by atoms with Crippen molar-refractivity contribution in [1.29, 1.82) is 0 Å². The molecule has 1 N–H and O–H groups in total. The molecule has 0 spiro atoms. The lowest BCUT2D eigenvalue weighted by molar-refractivity contribution is -0.124. The Bertz CT molecular complexity index is 310. The number of nitrogens with one attached hydrogen (secondary N) is 1. The van der Waals surface area contributed by atoms with E-state index >= 15 is 0 Å². The third-order valence-electron chi connectivity index (χ3n) is 1.64. The fourth-order valence-corrected chi connectivity index (χ4v) is 0.910. The largest absolute Gasteiger partial charge is 0.350 e. The highest BCUT2D eigenvalue weighted by atomic mass is 35.5. The summed E-state index contributed by atoms with van der Waals surface area (Å²) in [5, 5.41) is 3.08. The van der Waals surface area contributed by atoms with Gasteiger partial charge in [-0.3, -0.25) is 9.78 Å². The van der Waals surface area contributed by atoms with Gasteiger partial charge in [0.25, 0.3) is 0 Å². The monoisotopic (exact) mass is 213 g/mol. The van der Waals surface area contributed by atoms with Crippen LogP contribution >= 0.6 is 11.6 Å². The number of halogens is 1. The summed E-state index contributed by atoms with van der Waals surface area (Å²) in [6, 6.07) is 0. The molecular formula is C9H12ClN3O. The zero-order chi connectivity index (χ0) is 10.6. The number of aromatic nitrogens is 2. The molecule has 0 aliphatic carbocycles. The molecule has 14 heavy (non-hydrogen) atoms. The second-order valence-electron chi connectivity index (χ2n) is 3.20. The number of carbonyl (C=O) groups is 1. The molecule has 76 valence electrons. The predicted octanol–water partition coefficient (Wildman–Crippen LogP) is 1.40. The van der Waals surface area contributed by atoms with Crippen LogP contribution in [-0.4, -0.2) is 15.9 Å². The Labute approximate surface area is 87.7 Å². The van der Waals surface area contributed by atoms with Gasteiger partial charge in [-0.1, -0.05) is 25.4 Å². The van der Waals surface area contributed by atoms with Crippen LogP contribution < -0.4 is 5.32 Å². The van der Waals surface area contributed by atoms with Crippen molar-refractivity contribution in [1.82, 2.24) is 15.3 Å². The molecular weight excluding hydrogens is 202 g/mol. The van der Waals surface area contributed by atoms with Gasteiger partial charge in [0, 0.05) is 5.92 Å². The van der Waals surface area contributed by atoms with Crippen molar-refractivity contribution in [2.24, 2.45) is 5.92 Å². The van der Waals surface area contributed by atoms with Crippen molar-refractivity contribution in [3.8, 4) is 0 Å². The molecule has 4 nitrogen and oxygen atoms in total. The van der Waals surface area contributed by atoms with Crippen LogP contribution in [0.25, 0.3) is 0 Å². The Hall–Kier alpha value is -1.16. The standard InChI is InChI=1S/C9H12ClN3O/c1-6(2)9(14)13-4-7-3-12-8(10)5-11-7/h3,5-6H,4H2,1-2H3,(H,13,14). The molecule has 0 fully saturated rings. The van der Waals surface area contributed by atoms with Gasteiger partial charge in [-0.25, -0.2) is 4.98 Å². The highest BCUT2D eigenvalue weighted by Gasteiger charge is 2.06. The molecule has 0 aromatic carbocycles. The highest BCUT2D eigenvalue weighted by Crippen LogP contribution is 2.01. The van der Waals surface area contributed by atoms with Crippen molar-refractivity contribution < 1.29 is 4.79 Å². The number of nitrogens with zero attached hydrogens (tertiary/aromatic N) is 2. The SMILES string of the molecule is CC(C)C(=O)NCc1cnc(Cl)cn1. The van der Waals surface area contributed by atoms with Gasteiger partial charge in [0.2, 0.25) is 5.91 Å². The summed E-state index contributed by atoms with van der Waals surface area (Å²) in [5.74, 6) is -0.0167. The lowest BCUT2D eigenvalue weighted by Crippen LogP contribution is -2.27. The van der Waals surface area contributed by atoms with Crippen LogP contribution in [0.3, 0.4) is 0 Å². The molecule has 0 atom stereocenters. The number of carbonyl (C=O) groups excluding carboxylic acids is 1. The van der Waals surface area contributed by atoms with Gasteiger partial charge >= 0.3 is 0 Å². The molecule has 5 heteroatoms. The maximum absolute atomic E-state index is 11.2. The third-order valence-corrected chi connectivity index (χ3v) is 1.84. The van der Waals surface area contributed by atoms with E-state index in [0.29, 0.717) is 17.4 Å². The molecule has 0 bridgehead atoms. The van der Waals surface area contributed by atoms with E-state index in [9.17, 15) is 4.79 Å². The Morgan fingerprint density at radius 3 is 2.71 bits per heavy atom. The van der Waals surface area contributed by atoms with E-state index in [0.717, 1.165) is 0 Å². The Morgan fingerprint density at radius 2 is 2.21 bits per heavy atom. The first kappa shape index (κ1) is 10.9. The van der Waals surface area contributed by atoms with Crippen molar-refractivity contribution in [3.05, 3.63) is 23.2 Å². The average Bonchev–Trinajstić information content (AvgIpc) is 2.16. The first-order chi connectivity index (χ1) is 6.59. The molecule has 0 radical (unpaired) electrons. The number of hydrogen-bond acceptors (Lipinski definition) is 3. The minimum absolute atomic E-state index is 0.00162. The fraction of sp³-hybridized carbons (Fsp3) is 0.444. The lowest BCUT2D eigenvalue weighted by Gasteiger charge is -2.06. The Morgan fingerprint density at radius 1 is 1.50 bits per heavy atom. The summed E-state index contributed by atoms with van der Waals surface area (Å²) >= 11 is 5.56. The quantitative estimate of drug-likeness (QED) is 0.826. The summed E-state index contributed by atoms with van der Waals surface area (Å²) in [5.41, 5.74) is 0.698. The second kappa shape index (κ2) is 4.91. The van der Waals surface area contributed by atoms with Crippen molar-refractivity contribution in [2.45, 2.75) is 20.4 Å². The predicted molar refractivity (Wildman–Crippen MR) is 53.7 cm³/mol. The van der Waals surface area contributed by atoms with Crippen LogP contribution in [0.5, 0.6) is 0 Å². The molecule has 1 aromatic heterocycles. The topological polar surface area (TPSA) is 54.9 Å². The second-order valence-corrected chi connectivity index (χ2v) is 3.59. The van der Waals surface area contributed by atoms with E-state index in [4.69, 9.17) is 11.6 Å². The molecule has 0 aliphatic rings. The van der Waals surface area contributed by atoms with Crippen LogP contribution in [0.1, 0.15) is 19.5 Å². The van der Waals surface area contributed by atoms with Gasteiger partial charge in [-0.15, -0.1) is 0 Å². The molecule has 1 amide bonds. The summed E-state index contributed by atoms with van der Waals surface area (Å²) in [6.07, 6.45) is 3.00. The van der Waals surface area contributed by atoms with Gasteiger partial charge in [0.15, 0.2) is 0 Å². The maximum atomic E-state index is 11.2. The van der Waals surface area contributed by atoms with Gasteiger partial charge in [-0.2, -0.15) is 0 Å². The van der Waals surface area contributed by atoms with E-state index < -0.39 is 0 Å².